The van der Waals surface area contributed by atoms with Crippen LogP contribution < -0.4 is 10.5 Å². The first-order chi connectivity index (χ1) is 9.52. The van der Waals surface area contributed by atoms with E-state index in [1.807, 2.05) is 6.92 Å². The summed E-state index contributed by atoms with van der Waals surface area (Å²) >= 11 is 11.9. The fraction of sp³-hybridized carbons (Fsp3) is 0.133. The number of ether oxygens (including phenoxy) is 1. The first-order valence-electron chi connectivity index (χ1n) is 6.05. The van der Waals surface area contributed by atoms with Gasteiger partial charge in [-0.2, -0.15) is 0 Å². The summed E-state index contributed by atoms with van der Waals surface area (Å²) in [4.78, 5) is 12.4. The van der Waals surface area contributed by atoms with Crippen molar-refractivity contribution in [2.75, 3.05) is 12.3 Å². The summed E-state index contributed by atoms with van der Waals surface area (Å²) in [7, 11) is 0. The molecule has 0 fully saturated rings. The lowest BCUT2D eigenvalue weighted by molar-refractivity contribution is 0.103. The van der Waals surface area contributed by atoms with Crippen molar-refractivity contribution < 1.29 is 9.53 Å². The number of nitrogens with two attached hydrogens (primary N) is 1. The van der Waals surface area contributed by atoms with Crippen molar-refractivity contribution in [3.05, 3.63) is 57.6 Å². The number of ketones is 1. The predicted molar refractivity (Wildman–Crippen MR) is 81.9 cm³/mol. The second kappa shape index (κ2) is 6.16. The maximum Gasteiger partial charge on any atom is 0.193 e. The van der Waals surface area contributed by atoms with Gasteiger partial charge in [0.05, 0.1) is 22.3 Å². The van der Waals surface area contributed by atoms with Gasteiger partial charge in [0.15, 0.2) is 5.78 Å². The molecular weight excluding hydrogens is 297 g/mol. The van der Waals surface area contributed by atoms with E-state index in [-0.39, 0.29) is 21.5 Å². The van der Waals surface area contributed by atoms with Crippen LogP contribution in [0.5, 0.6) is 5.75 Å². The Morgan fingerprint density at radius 2 is 1.80 bits per heavy atom. The van der Waals surface area contributed by atoms with Crippen LogP contribution in [0.2, 0.25) is 10.0 Å². The molecule has 2 rings (SSSR count). The number of carbonyl (C=O) groups excluding carboxylic acids is 1. The average molecular weight is 310 g/mol. The number of nitrogen functional groups attached to an aromatic ring is 1. The molecule has 0 aromatic heterocycles. The van der Waals surface area contributed by atoms with Crippen LogP contribution in [0.3, 0.4) is 0 Å². The van der Waals surface area contributed by atoms with Crippen LogP contribution in [0.15, 0.2) is 36.4 Å². The largest absolute Gasteiger partial charge is 0.494 e. The van der Waals surface area contributed by atoms with Gasteiger partial charge in [-0.1, -0.05) is 35.3 Å². The van der Waals surface area contributed by atoms with Crippen molar-refractivity contribution in [3.63, 3.8) is 0 Å². The van der Waals surface area contributed by atoms with Gasteiger partial charge in [-0.15, -0.1) is 0 Å². The van der Waals surface area contributed by atoms with Crippen LogP contribution in [0.1, 0.15) is 22.8 Å². The van der Waals surface area contributed by atoms with E-state index < -0.39 is 0 Å². The van der Waals surface area contributed by atoms with Crippen molar-refractivity contribution in [1.82, 2.24) is 0 Å². The molecule has 0 heterocycles. The molecule has 0 amide bonds. The van der Waals surface area contributed by atoms with E-state index >= 15 is 0 Å². The maximum absolute atomic E-state index is 12.4. The number of hydrogen-bond acceptors (Lipinski definition) is 3. The van der Waals surface area contributed by atoms with Crippen molar-refractivity contribution in [2.24, 2.45) is 0 Å². The zero-order valence-corrected chi connectivity index (χ0v) is 12.3. The number of rotatable bonds is 4. The second-order valence-electron chi connectivity index (χ2n) is 4.14. The van der Waals surface area contributed by atoms with Gasteiger partial charge in [0.2, 0.25) is 0 Å². The Kier molecular flexibility index (Phi) is 4.53. The highest BCUT2D eigenvalue weighted by atomic mass is 35.5. The molecule has 3 nitrogen and oxygen atoms in total. The van der Waals surface area contributed by atoms with Crippen molar-refractivity contribution >= 4 is 34.7 Å². The number of benzene rings is 2. The number of hydrogen-bond donors (Lipinski definition) is 1. The zero-order chi connectivity index (χ0) is 14.7. The van der Waals surface area contributed by atoms with Crippen molar-refractivity contribution in [1.29, 1.82) is 0 Å². The number of anilines is 1. The minimum absolute atomic E-state index is 0.185. The van der Waals surface area contributed by atoms with E-state index in [0.29, 0.717) is 23.5 Å². The maximum atomic E-state index is 12.4. The van der Waals surface area contributed by atoms with E-state index in [9.17, 15) is 4.79 Å². The van der Waals surface area contributed by atoms with E-state index in [1.54, 1.807) is 24.3 Å². The molecule has 0 saturated carbocycles. The molecule has 0 bridgehead atoms. The third-order valence-corrected chi connectivity index (χ3v) is 3.37. The van der Waals surface area contributed by atoms with E-state index in [4.69, 9.17) is 33.7 Å². The summed E-state index contributed by atoms with van der Waals surface area (Å²) in [5, 5.41) is 0.531. The SMILES string of the molecule is CCOc1cccc(C(=O)c2cc(Cl)c(N)c(Cl)c2)c1. The van der Waals surface area contributed by atoms with Crippen LogP contribution in [0, 0.1) is 0 Å². The summed E-state index contributed by atoms with van der Waals surface area (Å²) in [6, 6.07) is 9.98. The molecule has 2 aromatic rings. The Hall–Kier alpha value is -1.71. The summed E-state index contributed by atoms with van der Waals surface area (Å²) in [6.45, 7) is 2.42. The highest BCUT2D eigenvalue weighted by Gasteiger charge is 2.13. The first kappa shape index (κ1) is 14.7. The Morgan fingerprint density at radius 1 is 1.15 bits per heavy atom. The summed E-state index contributed by atoms with van der Waals surface area (Å²) in [5.74, 6) is 0.460. The minimum Gasteiger partial charge on any atom is -0.494 e. The van der Waals surface area contributed by atoms with Crippen LogP contribution >= 0.6 is 23.2 Å². The molecule has 0 unspecified atom stereocenters. The van der Waals surface area contributed by atoms with Crippen LogP contribution in [-0.4, -0.2) is 12.4 Å². The molecular formula is C15H13Cl2NO2. The smallest absolute Gasteiger partial charge is 0.193 e. The van der Waals surface area contributed by atoms with Gasteiger partial charge >= 0.3 is 0 Å². The summed E-state index contributed by atoms with van der Waals surface area (Å²) < 4.78 is 5.37. The van der Waals surface area contributed by atoms with Gasteiger partial charge < -0.3 is 10.5 Å². The fourth-order valence-corrected chi connectivity index (χ4v) is 2.26. The summed E-state index contributed by atoms with van der Waals surface area (Å²) in [5.41, 5.74) is 6.83. The lowest BCUT2D eigenvalue weighted by Gasteiger charge is -2.08. The third kappa shape index (κ3) is 3.06. The number of carbonyl (C=O) groups is 1. The molecule has 0 atom stereocenters. The molecule has 0 aliphatic carbocycles. The van der Waals surface area contributed by atoms with Gasteiger partial charge in [0, 0.05) is 11.1 Å². The topological polar surface area (TPSA) is 52.3 Å². The predicted octanol–water partition coefficient (Wildman–Crippen LogP) is 4.21. The highest BCUT2D eigenvalue weighted by molar-refractivity contribution is 6.39. The summed E-state index contributed by atoms with van der Waals surface area (Å²) in [6.07, 6.45) is 0. The normalized spacial score (nSPS) is 10.3. The van der Waals surface area contributed by atoms with Crippen molar-refractivity contribution in [2.45, 2.75) is 6.92 Å². The molecule has 0 aliphatic heterocycles. The van der Waals surface area contributed by atoms with Gasteiger partial charge in [0.25, 0.3) is 0 Å². The highest BCUT2D eigenvalue weighted by Crippen LogP contribution is 2.30. The van der Waals surface area contributed by atoms with Crippen molar-refractivity contribution in [3.8, 4) is 5.75 Å². The fourth-order valence-electron chi connectivity index (χ4n) is 1.78. The second-order valence-corrected chi connectivity index (χ2v) is 4.96. The molecule has 0 spiro atoms. The van der Waals surface area contributed by atoms with Gasteiger partial charge in [-0.25, -0.2) is 0 Å². The zero-order valence-electron chi connectivity index (χ0n) is 10.8. The van der Waals surface area contributed by atoms with E-state index in [1.165, 1.54) is 12.1 Å². The number of halogens is 2. The monoisotopic (exact) mass is 309 g/mol. The molecule has 20 heavy (non-hydrogen) atoms. The van der Waals surface area contributed by atoms with Gasteiger partial charge in [-0.05, 0) is 31.2 Å². The molecule has 2 N–H and O–H groups in total. The minimum atomic E-state index is -0.185. The lowest BCUT2D eigenvalue weighted by Crippen LogP contribution is -2.03. The Balaban J connectivity index is 2.38. The molecule has 104 valence electrons. The molecule has 0 radical (unpaired) electrons. The molecule has 0 aliphatic rings. The first-order valence-corrected chi connectivity index (χ1v) is 6.80. The van der Waals surface area contributed by atoms with Crippen LogP contribution in [0.25, 0.3) is 0 Å². The van der Waals surface area contributed by atoms with Crippen LogP contribution in [0.4, 0.5) is 5.69 Å². The average Bonchev–Trinajstić information content (AvgIpc) is 2.44. The standard InChI is InChI=1S/C15H13Cl2NO2/c1-2-20-11-5-3-4-9(6-11)15(19)10-7-12(16)14(18)13(17)8-10/h3-8H,2,18H2,1H3. The molecule has 5 heteroatoms. The van der Waals surface area contributed by atoms with E-state index in [2.05, 4.69) is 0 Å². The lowest BCUT2D eigenvalue weighted by atomic mass is 10.0. The van der Waals surface area contributed by atoms with Crippen LogP contribution in [-0.2, 0) is 0 Å². The Labute approximate surface area is 127 Å². The Morgan fingerprint density at radius 3 is 2.40 bits per heavy atom. The van der Waals surface area contributed by atoms with Gasteiger partial charge in [-0.3, -0.25) is 4.79 Å². The third-order valence-electron chi connectivity index (χ3n) is 2.75. The molecule has 2 aromatic carbocycles. The van der Waals surface area contributed by atoms with Gasteiger partial charge in [0.1, 0.15) is 5.75 Å². The Bertz CT molecular complexity index is 633. The quantitative estimate of drug-likeness (QED) is 0.680. The molecule has 0 saturated heterocycles. The van der Waals surface area contributed by atoms with E-state index in [0.717, 1.165) is 0 Å².